The Kier molecular flexibility index (Phi) is 7.90. The van der Waals surface area contributed by atoms with Crippen LogP contribution in [0.2, 0.25) is 0 Å². The van der Waals surface area contributed by atoms with Gasteiger partial charge in [0, 0.05) is 46.8 Å². The maximum absolute atomic E-state index is 13.4. The molecule has 0 amide bonds. The van der Waals surface area contributed by atoms with Gasteiger partial charge in [0.1, 0.15) is 11.6 Å². The summed E-state index contributed by atoms with van der Waals surface area (Å²) in [6, 6.07) is 6.13. The molecule has 1 saturated heterocycles. The zero-order valence-corrected chi connectivity index (χ0v) is 19.4. The molecule has 1 aromatic carbocycles. The molecule has 2 aromatic rings. The van der Waals surface area contributed by atoms with Crippen LogP contribution in [0.5, 0.6) is 5.75 Å². The van der Waals surface area contributed by atoms with Gasteiger partial charge in [-0.2, -0.15) is 17.6 Å². The summed E-state index contributed by atoms with van der Waals surface area (Å²) in [5.41, 5.74) is 0.172. The Balaban J connectivity index is 1.51. The first kappa shape index (κ1) is 25.6. The lowest BCUT2D eigenvalue weighted by molar-refractivity contribution is -0.236. The number of benzene rings is 1. The molecular weight excluding hydrogens is 458 g/mol. The first-order chi connectivity index (χ1) is 16.0. The summed E-state index contributed by atoms with van der Waals surface area (Å²) in [6.45, 7) is 5.46. The van der Waals surface area contributed by atoms with Gasteiger partial charge in [0.2, 0.25) is 0 Å². The van der Waals surface area contributed by atoms with Crippen molar-refractivity contribution in [3.8, 4) is 5.75 Å². The fourth-order valence-corrected chi connectivity index (χ4v) is 3.98. The van der Waals surface area contributed by atoms with E-state index < -0.39 is 18.2 Å². The number of nitrogens with zero attached hydrogens (tertiary/aromatic N) is 4. The van der Waals surface area contributed by atoms with E-state index in [0.717, 1.165) is 17.5 Å². The molecule has 0 aliphatic carbocycles. The number of ether oxygens (including phenoxy) is 1. The fourth-order valence-electron chi connectivity index (χ4n) is 3.98. The van der Waals surface area contributed by atoms with Gasteiger partial charge < -0.3 is 15.0 Å². The Bertz CT molecular complexity index is 1070. The molecule has 1 aliphatic rings. The third-order valence-corrected chi connectivity index (χ3v) is 5.90. The van der Waals surface area contributed by atoms with E-state index in [2.05, 4.69) is 15.0 Å². The molecular formula is C22H29F4N5O3. The zero-order valence-electron chi connectivity index (χ0n) is 19.4. The minimum atomic E-state index is -5.09. The molecule has 1 aliphatic heterocycles. The zero-order chi connectivity index (χ0) is 25.0. The summed E-state index contributed by atoms with van der Waals surface area (Å²) in [4.78, 5) is 28.3. The fraction of sp³-hybridized carbons (Fsp3) is 0.545. The highest BCUT2D eigenvalue weighted by molar-refractivity contribution is 5.58. The molecule has 1 aromatic heterocycles. The predicted octanol–water partition coefficient (Wildman–Crippen LogP) is 2.25. The molecule has 12 heteroatoms. The normalized spacial score (nSPS) is 15.9. The highest BCUT2D eigenvalue weighted by Crippen LogP contribution is 2.33. The van der Waals surface area contributed by atoms with Crippen molar-refractivity contribution < 1.29 is 22.3 Å². The second-order valence-electron chi connectivity index (χ2n) is 8.23. The topological polar surface area (TPSA) is 71.7 Å². The number of para-hydroxylation sites is 2. The minimum Gasteiger partial charge on any atom is -0.450 e. The average molecular weight is 487 g/mol. The van der Waals surface area contributed by atoms with Crippen molar-refractivity contribution in [3.63, 3.8) is 0 Å². The number of anilines is 2. The summed E-state index contributed by atoms with van der Waals surface area (Å²) in [6.07, 6.45) is -7.70. The highest BCUT2D eigenvalue weighted by Gasteiger charge is 2.43. The van der Waals surface area contributed by atoms with Crippen LogP contribution >= 0.6 is 0 Å². The standard InChI is InChI=1S/C22H29F4N5O3/c1-15-18(28(2)21(33)29(3)19(15)32)27-9-6-10-30-11-13-31(14-12-30)16-7-4-5-8-17(16)34-20(23)22(24,25)26/h4-5,7-8,20,27H,6,9-14H2,1-3H3. The first-order valence-electron chi connectivity index (χ1n) is 10.9. The molecule has 188 valence electrons. The lowest BCUT2D eigenvalue weighted by atomic mass is 10.2. The Morgan fingerprint density at radius 1 is 1.06 bits per heavy atom. The quantitative estimate of drug-likeness (QED) is 0.455. The highest BCUT2D eigenvalue weighted by atomic mass is 19.4. The van der Waals surface area contributed by atoms with Crippen molar-refractivity contribution in [2.45, 2.75) is 25.9 Å². The summed E-state index contributed by atoms with van der Waals surface area (Å²) in [5.74, 6) is 0.361. The van der Waals surface area contributed by atoms with Crippen molar-refractivity contribution in [2.75, 3.05) is 49.5 Å². The smallest absolute Gasteiger partial charge is 0.450 e. The van der Waals surface area contributed by atoms with Crippen LogP contribution in [-0.4, -0.2) is 65.8 Å². The molecule has 8 nitrogen and oxygen atoms in total. The van der Waals surface area contributed by atoms with Crippen LogP contribution in [0.4, 0.5) is 29.1 Å². The van der Waals surface area contributed by atoms with Gasteiger partial charge in [-0.05, 0) is 32.0 Å². The van der Waals surface area contributed by atoms with Crippen LogP contribution in [0.15, 0.2) is 33.9 Å². The van der Waals surface area contributed by atoms with Gasteiger partial charge in [0.25, 0.3) is 5.56 Å². The summed E-state index contributed by atoms with van der Waals surface area (Å²) >= 11 is 0. The number of halogens is 4. The number of nitrogens with one attached hydrogen (secondary N) is 1. The molecule has 0 radical (unpaired) electrons. The van der Waals surface area contributed by atoms with Crippen LogP contribution in [0.1, 0.15) is 12.0 Å². The SMILES string of the molecule is Cc1c(NCCCN2CCN(c3ccccc3OC(F)C(F)(F)F)CC2)n(C)c(=O)n(C)c1=O. The summed E-state index contributed by atoms with van der Waals surface area (Å²) in [7, 11) is 3.05. The van der Waals surface area contributed by atoms with E-state index in [1.165, 1.54) is 23.7 Å². The molecule has 2 heterocycles. The van der Waals surface area contributed by atoms with Crippen molar-refractivity contribution in [3.05, 3.63) is 50.7 Å². The van der Waals surface area contributed by atoms with Crippen LogP contribution in [0.25, 0.3) is 0 Å². The second-order valence-corrected chi connectivity index (χ2v) is 8.23. The van der Waals surface area contributed by atoms with Crippen molar-refractivity contribution in [1.82, 2.24) is 14.0 Å². The van der Waals surface area contributed by atoms with Crippen LogP contribution < -0.4 is 26.2 Å². The minimum absolute atomic E-state index is 0.139. The van der Waals surface area contributed by atoms with E-state index in [4.69, 9.17) is 0 Å². The number of piperazine rings is 1. The molecule has 0 bridgehead atoms. The predicted molar refractivity (Wildman–Crippen MR) is 121 cm³/mol. The van der Waals surface area contributed by atoms with Crippen molar-refractivity contribution >= 4 is 11.5 Å². The third kappa shape index (κ3) is 5.72. The van der Waals surface area contributed by atoms with Crippen molar-refractivity contribution in [1.29, 1.82) is 0 Å². The lowest BCUT2D eigenvalue weighted by Crippen LogP contribution is -2.47. The Hall–Kier alpha value is -3.02. The van der Waals surface area contributed by atoms with Crippen LogP contribution in [-0.2, 0) is 14.1 Å². The Morgan fingerprint density at radius 3 is 2.35 bits per heavy atom. The van der Waals surface area contributed by atoms with E-state index in [1.807, 2.05) is 4.90 Å². The molecule has 0 saturated carbocycles. The van der Waals surface area contributed by atoms with Gasteiger partial charge in [-0.25, -0.2) is 4.79 Å². The van der Waals surface area contributed by atoms with E-state index in [9.17, 15) is 27.2 Å². The van der Waals surface area contributed by atoms with E-state index in [-0.39, 0.29) is 11.3 Å². The van der Waals surface area contributed by atoms with Gasteiger partial charge in [0.05, 0.1) is 11.3 Å². The maximum Gasteiger partial charge on any atom is 0.457 e. The average Bonchev–Trinajstić information content (AvgIpc) is 2.81. The molecule has 0 spiro atoms. The second kappa shape index (κ2) is 10.5. The van der Waals surface area contributed by atoms with Crippen LogP contribution in [0, 0.1) is 6.92 Å². The van der Waals surface area contributed by atoms with Gasteiger partial charge in [0.15, 0.2) is 0 Å². The van der Waals surface area contributed by atoms with Gasteiger partial charge >= 0.3 is 18.2 Å². The lowest BCUT2D eigenvalue weighted by Gasteiger charge is -2.36. The number of hydrogen-bond acceptors (Lipinski definition) is 6. The Labute approximate surface area is 194 Å². The number of aromatic nitrogens is 2. The number of hydrogen-bond donors (Lipinski definition) is 1. The largest absolute Gasteiger partial charge is 0.457 e. The molecule has 34 heavy (non-hydrogen) atoms. The van der Waals surface area contributed by atoms with Gasteiger partial charge in [-0.15, -0.1) is 0 Å². The van der Waals surface area contributed by atoms with Gasteiger partial charge in [-0.1, -0.05) is 12.1 Å². The number of alkyl halides is 4. The Morgan fingerprint density at radius 2 is 1.71 bits per heavy atom. The third-order valence-electron chi connectivity index (χ3n) is 5.90. The van der Waals surface area contributed by atoms with Crippen molar-refractivity contribution in [2.24, 2.45) is 14.1 Å². The summed E-state index contributed by atoms with van der Waals surface area (Å²) < 4.78 is 58.1. The molecule has 1 atom stereocenters. The van der Waals surface area contributed by atoms with E-state index in [1.54, 1.807) is 26.1 Å². The van der Waals surface area contributed by atoms with E-state index >= 15 is 0 Å². The monoisotopic (exact) mass is 487 g/mol. The summed E-state index contributed by atoms with van der Waals surface area (Å²) in [5, 5.41) is 3.17. The molecule has 3 rings (SSSR count). The van der Waals surface area contributed by atoms with Crippen LogP contribution in [0.3, 0.4) is 0 Å². The first-order valence-corrected chi connectivity index (χ1v) is 10.9. The van der Waals surface area contributed by atoms with E-state index in [0.29, 0.717) is 49.8 Å². The van der Waals surface area contributed by atoms with Gasteiger partial charge in [-0.3, -0.25) is 18.8 Å². The molecule has 1 unspecified atom stereocenters. The number of rotatable bonds is 8. The molecule has 1 fully saturated rings. The molecule has 1 N–H and O–H groups in total. The maximum atomic E-state index is 13.4.